The zero-order valence-electron chi connectivity index (χ0n) is 14.6. The van der Waals surface area contributed by atoms with E-state index in [4.69, 9.17) is 19.3 Å². The standard InChI is InChI=1S/C17H17N3O7/c1-25-13-5-3-10(7-14(13)26-2)12-8-16(27-17(21)22)18-15-6-4-11(20(23)24)9-19(12)15/h3-7,9,12,16H,8H2,1-2H3,(H,21,22). The van der Waals surface area contributed by atoms with Crippen molar-refractivity contribution in [1.29, 1.82) is 0 Å². The zero-order chi connectivity index (χ0) is 19.6. The third-order valence-electron chi connectivity index (χ3n) is 4.22. The number of nitrogens with zero attached hydrogens (tertiary/aromatic N) is 3. The van der Waals surface area contributed by atoms with Crippen molar-refractivity contribution in [3.8, 4) is 11.5 Å². The number of methoxy groups -OCH3 is 2. The van der Waals surface area contributed by atoms with Crippen LogP contribution in [0.2, 0.25) is 0 Å². The van der Waals surface area contributed by atoms with Crippen molar-refractivity contribution in [1.82, 2.24) is 4.90 Å². The molecule has 27 heavy (non-hydrogen) atoms. The maximum Gasteiger partial charge on any atom is 0.507 e. The van der Waals surface area contributed by atoms with E-state index in [0.717, 1.165) is 5.56 Å². The van der Waals surface area contributed by atoms with E-state index >= 15 is 0 Å². The Balaban J connectivity index is 2.03. The molecule has 0 bridgehead atoms. The molecule has 0 spiro atoms. The van der Waals surface area contributed by atoms with Crippen LogP contribution in [0, 0.1) is 10.1 Å². The third-order valence-corrected chi connectivity index (χ3v) is 4.22. The molecular weight excluding hydrogens is 358 g/mol. The van der Waals surface area contributed by atoms with E-state index in [9.17, 15) is 14.9 Å². The predicted octanol–water partition coefficient (Wildman–Crippen LogP) is 2.56. The number of carbonyl (C=O) groups is 1. The van der Waals surface area contributed by atoms with Crippen LogP contribution in [0.3, 0.4) is 0 Å². The van der Waals surface area contributed by atoms with Crippen LogP contribution in [-0.2, 0) is 4.74 Å². The number of allylic oxidation sites excluding steroid dienone is 1. The molecule has 0 saturated carbocycles. The number of carboxylic acid groups (broad SMARTS) is 1. The Hall–Kier alpha value is -3.56. The molecule has 2 unspecified atom stereocenters. The fourth-order valence-corrected chi connectivity index (χ4v) is 3.02. The second-order valence-electron chi connectivity index (χ2n) is 5.74. The average Bonchev–Trinajstić information content (AvgIpc) is 2.65. The van der Waals surface area contributed by atoms with Crippen molar-refractivity contribution < 1.29 is 29.0 Å². The molecule has 1 N–H and O–H groups in total. The Morgan fingerprint density at radius 3 is 2.67 bits per heavy atom. The second kappa shape index (κ2) is 7.36. The summed E-state index contributed by atoms with van der Waals surface area (Å²) in [5.41, 5.74) is 0.644. The molecule has 2 atom stereocenters. The van der Waals surface area contributed by atoms with Crippen LogP contribution in [-0.4, -0.2) is 47.4 Å². The number of hydrogen-bond donors (Lipinski definition) is 1. The lowest BCUT2D eigenvalue weighted by Crippen LogP contribution is -2.39. The first kappa shape index (κ1) is 18.2. The Kier molecular flexibility index (Phi) is 4.97. The largest absolute Gasteiger partial charge is 0.507 e. The first-order chi connectivity index (χ1) is 12.9. The van der Waals surface area contributed by atoms with Crippen LogP contribution < -0.4 is 9.47 Å². The van der Waals surface area contributed by atoms with Gasteiger partial charge in [-0.05, 0) is 23.8 Å². The molecular formula is C17H17N3O7. The van der Waals surface area contributed by atoms with Gasteiger partial charge in [0.15, 0.2) is 11.5 Å². The first-order valence-electron chi connectivity index (χ1n) is 7.95. The van der Waals surface area contributed by atoms with Crippen molar-refractivity contribution in [2.45, 2.75) is 18.7 Å². The zero-order valence-corrected chi connectivity index (χ0v) is 14.6. The lowest BCUT2D eigenvalue weighted by Gasteiger charge is -2.37. The van der Waals surface area contributed by atoms with E-state index < -0.39 is 23.3 Å². The maximum absolute atomic E-state index is 11.1. The Bertz CT molecular complexity index is 862. The van der Waals surface area contributed by atoms with Gasteiger partial charge in [-0.2, -0.15) is 0 Å². The van der Waals surface area contributed by atoms with Crippen LogP contribution in [0.1, 0.15) is 18.0 Å². The summed E-state index contributed by atoms with van der Waals surface area (Å²) < 4.78 is 15.4. The van der Waals surface area contributed by atoms with Gasteiger partial charge >= 0.3 is 6.16 Å². The summed E-state index contributed by atoms with van der Waals surface area (Å²) in [4.78, 5) is 27.4. The minimum atomic E-state index is -1.44. The van der Waals surface area contributed by atoms with E-state index in [1.54, 1.807) is 23.1 Å². The molecule has 1 aromatic carbocycles. The van der Waals surface area contributed by atoms with Gasteiger partial charge < -0.3 is 24.2 Å². The molecule has 2 aliphatic heterocycles. The third kappa shape index (κ3) is 3.68. The molecule has 10 heteroatoms. The van der Waals surface area contributed by atoms with Gasteiger partial charge in [-0.15, -0.1) is 0 Å². The van der Waals surface area contributed by atoms with Crippen LogP contribution in [0.15, 0.2) is 47.2 Å². The van der Waals surface area contributed by atoms with Crippen LogP contribution in [0.25, 0.3) is 0 Å². The highest BCUT2D eigenvalue weighted by Gasteiger charge is 2.35. The van der Waals surface area contributed by atoms with Gasteiger partial charge in [0.2, 0.25) is 6.23 Å². The van der Waals surface area contributed by atoms with Crippen molar-refractivity contribution in [3.05, 3.63) is 57.9 Å². The molecule has 1 aromatic rings. The van der Waals surface area contributed by atoms with E-state index in [1.165, 1.54) is 32.6 Å². The number of aliphatic imine (C=N–C) groups is 1. The quantitative estimate of drug-likeness (QED) is 0.473. The van der Waals surface area contributed by atoms with Gasteiger partial charge in [0.25, 0.3) is 5.70 Å². The molecule has 2 heterocycles. The molecule has 0 amide bonds. The van der Waals surface area contributed by atoms with Gasteiger partial charge in [-0.25, -0.2) is 9.79 Å². The van der Waals surface area contributed by atoms with Crippen molar-refractivity contribution in [3.63, 3.8) is 0 Å². The first-order valence-corrected chi connectivity index (χ1v) is 7.95. The number of benzene rings is 1. The van der Waals surface area contributed by atoms with E-state index in [1.807, 2.05) is 0 Å². The minimum Gasteiger partial charge on any atom is -0.493 e. The smallest absolute Gasteiger partial charge is 0.493 e. The summed E-state index contributed by atoms with van der Waals surface area (Å²) in [6, 6.07) is 4.79. The molecule has 3 rings (SSSR count). The molecule has 0 aliphatic carbocycles. The minimum absolute atomic E-state index is 0.1000. The number of nitro groups is 1. The second-order valence-corrected chi connectivity index (χ2v) is 5.74. The summed E-state index contributed by atoms with van der Waals surface area (Å²) in [5.74, 6) is 1.39. The molecule has 10 nitrogen and oxygen atoms in total. The van der Waals surface area contributed by atoms with E-state index in [0.29, 0.717) is 17.3 Å². The van der Waals surface area contributed by atoms with Crippen LogP contribution in [0.4, 0.5) is 4.79 Å². The lowest BCUT2D eigenvalue weighted by atomic mass is 9.98. The Morgan fingerprint density at radius 1 is 1.30 bits per heavy atom. The van der Waals surface area contributed by atoms with Gasteiger partial charge in [0.1, 0.15) is 5.84 Å². The number of amidine groups is 1. The maximum atomic E-state index is 11.1. The Labute approximate surface area is 154 Å². The SMILES string of the molecule is COc1ccc(C2CC(OC(=O)O)N=C3C=CC([N+](=O)[O-])=CN32)cc1OC. The number of fused-ring (bicyclic) bond motifs is 1. The highest BCUT2D eigenvalue weighted by molar-refractivity contribution is 5.96. The molecule has 0 aromatic heterocycles. The Morgan fingerprint density at radius 2 is 2.04 bits per heavy atom. The topological polar surface area (TPSA) is 124 Å². The fourth-order valence-electron chi connectivity index (χ4n) is 3.02. The van der Waals surface area contributed by atoms with Gasteiger partial charge in [-0.1, -0.05) is 6.07 Å². The highest BCUT2D eigenvalue weighted by Crippen LogP contribution is 2.38. The van der Waals surface area contributed by atoms with Gasteiger partial charge in [0.05, 0.1) is 31.4 Å². The van der Waals surface area contributed by atoms with Crippen molar-refractivity contribution in [2.24, 2.45) is 4.99 Å². The van der Waals surface area contributed by atoms with Gasteiger partial charge in [0, 0.05) is 12.5 Å². The van der Waals surface area contributed by atoms with E-state index in [-0.39, 0.29) is 12.1 Å². The normalized spacial score (nSPS) is 20.9. The predicted molar refractivity (Wildman–Crippen MR) is 93.3 cm³/mol. The fraction of sp³-hybridized carbons (Fsp3) is 0.294. The molecule has 142 valence electrons. The monoisotopic (exact) mass is 375 g/mol. The summed E-state index contributed by atoms with van der Waals surface area (Å²) in [6.45, 7) is 0. The number of ether oxygens (including phenoxy) is 3. The average molecular weight is 375 g/mol. The number of hydrogen-bond acceptors (Lipinski definition) is 8. The molecule has 0 saturated heterocycles. The highest BCUT2D eigenvalue weighted by atomic mass is 16.7. The van der Waals surface area contributed by atoms with E-state index in [2.05, 4.69) is 4.99 Å². The summed E-state index contributed by atoms with van der Waals surface area (Å²) >= 11 is 0. The lowest BCUT2D eigenvalue weighted by molar-refractivity contribution is -0.420. The van der Waals surface area contributed by atoms with Crippen LogP contribution >= 0.6 is 0 Å². The molecule has 0 fully saturated rings. The van der Waals surface area contributed by atoms with Gasteiger partial charge in [-0.3, -0.25) is 10.1 Å². The molecule has 2 aliphatic rings. The summed E-state index contributed by atoms with van der Waals surface area (Å²) in [6.07, 6.45) is 1.96. The van der Waals surface area contributed by atoms with Crippen molar-refractivity contribution >= 4 is 12.0 Å². The summed E-state index contributed by atoms with van der Waals surface area (Å²) in [5, 5.41) is 20.1. The molecule has 0 radical (unpaired) electrons. The van der Waals surface area contributed by atoms with Crippen molar-refractivity contribution in [2.75, 3.05) is 14.2 Å². The number of rotatable bonds is 5. The summed E-state index contributed by atoms with van der Waals surface area (Å²) in [7, 11) is 3.02. The van der Waals surface area contributed by atoms with Crippen LogP contribution in [0.5, 0.6) is 11.5 Å².